The van der Waals surface area contributed by atoms with E-state index < -0.39 is 0 Å². The molecular weight excluding hydrogens is 288 g/mol. The Labute approximate surface area is 125 Å². The molecule has 108 valence electrons. The van der Waals surface area contributed by atoms with Crippen molar-refractivity contribution < 1.29 is 0 Å². The highest BCUT2D eigenvalue weighted by Gasteiger charge is 2.21. The van der Waals surface area contributed by atoms with Crippen LogP contribution in [-0.2, 0) is 0 Å². The Balaban J connectivity index is 2.04. The number of H-pyrrole nitrogens is 1. The fourth-order valence-corrected chi connectivity index (χ4v) is 3.35. The van der Waals surface area contributed by atoms with Crippen LogP contribution in [0.5, 0.6) is 0 Å². The van der Waals surface area contributed by atoms with Crippen molar-refractivity contribution in [1.82, 2.24) is 19.9 Å². The van der Waals surface area contributed by atoms with Gasteiger partial charge in [0.25, 0.3) is 5.56 Å². The number of hydrogen-bond donors (Lipinski definition) is 2. The molecule has 6 heteroatoms. The number of halogens is 1. The lowest BCUT2D eigenvalue weighted by atomic mass is 9.94. The summed E-state index contributed by atoms with van der Waals surface area (Å²) in [6.45, 7) is 1.95. The van der Waals surface area contributed by atoms with Gasteiger partial charge < -0.3 is 10.3 Å². The first-order chi connectivity index (χ1) is 10.2. The van der Waals surface area contributed by atoms with Gasteiger partial charge in [-0.05, 0) is 38.1 Å². The molecule has 0 amide bonds. The third kappa shape index (κ3) is 2.04. The number of nitrogens with zero attached hydrogens (tertiary/aromatic N) is 2. The topological polar surface area (TPSA) is 62.2 Å². The number of hydrogen-bond acceptors (Lipinski definition) is 3. The standard InChI is InChI=1S/C15H15ClN4O/c16-11-3-1-2-10-14(11)19-20-12(8-13(21)18-15(10)20)9-4-6-17-7-5-9/h1-3,8-9,17H,4-7H2,(H,18,21). The van der Waals surface area contributed by atoms with Crippen molar-refractivity contribution in [3.05, 3.63) is 45.3 Å². The van der Waals surface area contributed by atoms with E-state index in [1.165, 1.54) is 0 Å². The van der Waals surface area contributed by atoms with Crippen molar-refractivity contribution in [3.8, 4) is 0 Å². The molecule has 1 aliphatic heterocycles. The van der Waals surface area contributed by atoms with Crippen LogP contribution in [0, 0.1) is 0 Å². The van der Waals surface area contributed by atoms with Crippen molar-refractivity contribution in [3.63, 3.8) is 0 Å². The van der Waals surface area contributed by atoms with Crippen LogP contribution in [0.4, 0.5) is 0 Å². The van der Waals surface area contributed by atoms with E-state index in [-0.39, 0.29) is 5.56 Å². The molecule has 4 rings (SSSR count). The number of aromatic amines is 1. The highest BCUT2D eigenvalue weighted by Crippen LogP contribution is 2.29. The summed E-state index contributed by atoms with van der Waals surface area (Å²) in [5, 5.41) is 9.46. The predicted octanol–water partition coefficient (Wildman–Crippen LogP) is 2.30. The summed E-state index contributed by atoms with van der Waals surface area (Å²) in [7, 11) is 0. The second-order valence-electron chi connectivity index (χ2n) is 5.48. The van der Waals surface area contributed by atoms with Gasteiger partial charge in [-0.15, -0.1) is 0 Å². The van der Waals surface area contributed by atoms with Gasteiger partial charge in [-0.1, -0.05) is 17.7 Å². The molecule has 2 aromatic heterocycles. The largest absolute Gasteiger partial charge is 0.317 e. The van der Waals surface area contributed by atoms with Gasteiger partial charge in [0.05, 0.1) is 10.7 Å². The lowest BCUT2D eigenvalue weighted by Crippen LogP contribution is -2.28. The highest BCUT2D eigenvalue weighted by molar-refractivity contribution is 6.35. The lowest BCUT2D eigenvalue weighted by molar-refractivity contribution is 0.446. The van der Waals surface area contributed by atoms with Crippen LogP contribution in [0.15, 0.2) is 29.1 Å². The van der Waals surface area contributed by atoms with Crippen LogP contribution in [0.25, 0.3) is 16.6 Å². The van der Waals surface area contributed by atoms with E-state index in [0.717, 1.165) is 48.2 Å². The first-order valence-corrected chi connectivity index (χ1v) is 7.53. The summed E-state index contributed by atoms with van der Waals surface area (Å²) in [4.78, 5) is 14.9. The molecule has 0 atom stereocenters. The summed E-state index contributed by atoms with van der Waals surface area (Å²) in [5.74, 6) is 0.351. The van der Waals surface area contributed by atoms with Crippen molar-refractivity contribution in [2.24, 2.45) is 0 Å². The Bertz CT molecular complexity index is 876. The quantitative estimate of drug-likeness (QED) is 0.725. The Kier molecular flexibility index (Phi) is 2.97. The number of benzene rings is 1. The van der Waals surface area contributed by atoms with Gasteiger partial charge in [-0.3, -0.25) is 4.79 Å². The fourth-order valence-electron chi connectivity index (χ4n) is 3.14. The number of piperidine rings is 1. The molecule has 1 aliphatic rings. The first-order valence-electron chi connectivity index (χ1n) is 7.15. The summed E-state index contributed by atoms with van der Waals surface area (Å²) >= 11 is 6.23. The van der Waals surface area contributed by atoms with Gasteiger partial charge in [0, 0.05) is 17.4 Å². The maximum atomic E-state index is 12.0. The van der Waals surface area contributed by atoms with Gasteiger partial charge in [0.1, 0.15) is 11.2 Å². The summed E-state index contributed by atoms with van der Waals surface area (Å²) in [5.41, 5.74) is 2.35. The zero-order valence-electron chi connectivity index (χ0n) is 11.4. The molecule has 0 radical (unpaired) electrons. The van der Waals surface area contributed by atoms with E-state index in [2.05, 4.69) is 15.4 Å². The molecule has 0 spiro atoms. The highest BCUT2D eigenvalue weighted by atomic mass is 35.5. The van der Waals surface area contributed by atoms with E-state index in [9.17, 15) is 4.79 Å². The normalized spacial score (nSPS) is 16.8. The Morgan fingerprint density at radius 2 is 2.10 bits per heavy atom. The van der Waals surface area contributed by atoms with Crippen LogP contribution >= 0.6 is 11.6 Å². The molecule has 1 aromatic carbocycles. The molecule has 0 aliphatic carbocycles. The van der Waals surface area contributed by atoms with E-state index in [0.29, 0.717) is 10.9 Å². The second kappa shape index (κ2) is 4.86. The van der Waals surface area contributed by atoms with E-state index in [1.807, 2.05) is 22.7 Å². The van der Waals surface area contributed by atoms with Crippen molar-refractivity contribution in [2.45, 2.75) is 18.8 Å². The van der Waals surface area contributed by atoms with Gasteiger partial charge in [0.15, 0.2) is 0 Å². The number of rotatable bonds is 1. The van der Waals surface area contributed by atoms with E-state index in [4.69, 9.17) is 11.6 Å². The Hall–Kier alpha value is -1.85. The molecule has 0 bridgehead atoms. The molecule has 3 heterocycles. The number of aromatic nitrogens is 3. The third-order valence-corrected chi connectivity index (χ3v) is 4.48. The first kappa shape index (κ1) is 12.9. The molecule has 5 nitrogen and oxygen atoms in total. The maximum absolute atomic E-state index is 12.0. The fraction of sp³-hybridized carbons (Fsp3) is 0.333. The number of fused-ring (bicyclic) bond motifs is 3. The van der Waals surface area contributed by atoms with Crippen molar-refractivity contribution in [2.75, 3.05) is 13.1 Å². The molecule has 1 saturated heterocycles. The summed E-state index contributed by atoms with van der Waals surface area (Å²) in [6, 6.07) is 7.30. The Morgan fingerprint density at radius 3 is 2.90 bits per heavy atom. The number of nitrogens with one attached hydrogen (secondary N) is 2. The monoisotopic (exact) mass is 302 g/mol. The molecule has 0 saturated carbocycles. The predicted molar refractivity (Wildman–Crippen MR) is 83.2 cm³/mol. The van der Waals surface area contributed by atoms with E-state index in [1.54, 1.807) is 6.07 Å². The zero-order valence-corrected chi connectivity index (χ0v) is 12.2. The van der Waals surface area contributed by atoms with Crippen LogP contribution in [0.3, 0.4) is 0 Å². The van der Waals surface area contributed by atoms with Gasteiger partial charge in [-0.25, -0.2) is 4.52 Å². The van der Waals surface area contributed by atoms with Gasteiger partial charge in [-0.2, -0.15) is 5.10 Å². The molecule has 3 aromatic rings. The lowest BCUT2D eigenvalue weighted by Gasteiger charge is -2.23. The Morgan fingerprint density at radius 1 is 1.29 bits per heavy atom. The molecule has 21 heavy (non-hydrogen) atoms. The summed E-state index contributed by atoms with van der Waals surface area (Å²) < 4.78 is 1.86. The maximum Gasteiger partial charge on any atom is 0.251 e. The van der Waals surface area contributed by atoms with Crippen LogP contribution < -0.4 is 10.9 Å². The third-order valence-electron chi connectivity index (χ3n) is 4.18. The minimum atomic E-state index is -0.0854. The SMILES string of the molecule is O=c1cc(C2CCNCC2)n2nc3c(Cl)cccc3c2[nH]1. The minimum Gasteiger partial charge on any atom is -0.317 e. The zero-order chi connectivity index (χ0) is 14.4. The molecule has 2 N–H and O–H groups in total. The van der Waals surface area contributed by atoms with Crippen molar-refractivity contribution >= 4 is 28.2 Å². The average molecular weight is 303 g/mol. The van der Waals surface area contributed by atoms with Gasteiger partial charge >= 0.3 is 0 Å². The smallest absolute Gasteiger partial charge is 0.251 e. The molecule has 1 fully saturated rings. The van der Waals surface area contributed by atoms with Gasteiger partial charge in [0.2, 0.25) is 0 Å². The van der Waals surface area contributed by atoms with Crippen LogP contribution in [0.2, 0.25) is 5.02 Å². The summed E-state index contributed by atoms with van der Waals surface area (Å²) in [6.07, 6.45) is 2.03. The molecule has 0 unspecified atom stereocenters. The average Bonchev–Trinajstić information content (AvgIpc) is 2.88. The van der Waals surface area contributed by atoms with E-state index >= 15 is 0 Å². The van der Waals surface area contributed by atoms with Crippen molar-refractivity contribution in [1.29, 1.82) is 0 Å². The second-order valence-corrected chi connectivity index (χ2v) is 5.89. The van der Waals surface area contributed by atoms with Crippen LogP contribution in [0.1, 0.15) is 24.5 Å². The van der Waals surface area contributed by atoms with Crippen LogP contribution in [-0.4, -0.2) is 27.7 Å². The minimum absolute atomic E-state index is 0.0854. The molecular formula is C15H15ClN4O.